The molecule has 2 atom stereocenters. The van der Waals surface area contributed by atoms with E-state index in [0.717, 1.165) is 22.5 Å². The van der Waals surface area contributed by atoms with Crippen molar-refractivity contribution >= 4 is 5.91 Å². The van der Waals surface area contributed by atoms with Crippen LogP contribution < -0.4 is 5.73 Å². The summed E-state index contributed by atoms with van der Waals surface area (Å²) in [5.74, 6) is -1.61. The average molecular weight is 354 g/mol. The van der Waals surface area contributed by atoms with Gasteiger partial charge in [0.15, 0.2) is 0 Å². The maximum Gasteiger partial charge on any atom is 0.251 e. The first-order chi connectivity index (χ1) is 12.5. The van der Waals surface area contributed by atoms with E-state index in [4.69, 9.17) is 10.5 Å². The normalized spacial score (nSPS) is 22.3. The lowest BCUT2D eigenvalue weighted by Crippen LogP contribution is -2.28. The molecular weight excluding hydrogens is 335 g/mol. The van der Waals surface area contributed by atoms with E-state index in [-0.39, 0.29) is 11.7 Å². The van der Waals surface area contributed by atoms with E-state index in [0.29, 0.717) is 19.4 Å². The summed E-state index contributed by atoms with van der Waals surface area (Å²) in [6.07, 6.45) is 5.92. The van der Waals surface area contributed by atoms with Crippen LogP contribution in [0.25, 0.3) is 11.4 Å². The zero-order valence-electron chi connectivity index (χ0n) is 14.4. The smallest absolute Gasteiger partial charge is 0.251 e. The maximum absolute atomic E-state index is 14.4. The van der Waals surface area contributed by atoms with Crippen molar-refractivity contribution in [1.29, 1.82) is 0 Å². The van der Waals surface area contributed by atoms with Gasteiger partial charge in [-0.15, -0.1) is 0 Å². The second-order valence-electron chi connectivity index (χ2n) is 6.63. The van der Waals surface area contributed by atoms with Crippen LogP contribution >= 0.6 is 0 Å². The van der Waals surface area contributed by atoms with E-state index < -0.39 is 17.7 Å². The van der Waals surface area contributed by atoms with Gasteiger partial charge in [0.2, 0.25) is 0 Å². The van der Waals surface area contributed by atoms with Crippen LogP contribution in [0.5, 0.6) is 0 Å². The molecule has 1 saturated heterocycles. The molecule has 2 aliphatic rings. The molecule has 4 rings (SSSR count). The Morgan fingerprint density at radius 2 is 2.23 bits per heavy atom. The number of hydrogen-bond donors (Lipinski definition) is 1. The Balaban J connectivity index is 1.59. The number of aryl methyl sites for hydroxylation is 1. The quantitative estimate of drug-likeness (QED) is 0.911. The SMILES string of the molecule is Cn1ccc(-c2ccc(CC3=CC(C(N)=O)=C(F)C4CCOC34)cn2)n1. The van der Waals surface area contributed by atoms with Crippen molar-refractivity contribution in [2.45, 2.75) is 18.9 Å². The van der Waals surface area contributed by atoms with Gasteiger partial charge in [-0.05, 0) is 42.2 Å². The van der Waals surface area contributed by atoms with Gasteiger partial charge in [-0.3, -0.25) is 14.5 Å². The van der Waals surface area contributed by atoms with Crippen LogP contribution in [-0.4, -0.2) is 33.4 Å². The van der Waals surface area contributed by atoms with Crippen LogP contribution in [-0.2, 0) is 23.0 Å². The third-order valence-electron chi connectivity index (χ3n) is 4.84. The molecule has 3 heterocycles. The zero-order valence-corrected chi connectivity index (χ0v) is 14.4. The number of rotatable bonds is 4. The van der Waals surface area contributed by atoms with Gasteiger partial charge in [0.1, 0.15) is 11.5 Å². The third kappa shape index (κ3) is 2.94. The highest BCUT2D eigenvalue weighted by atomic mass is 19.1. The molecule has 2 aromatic heterocycles. The summed E-state index contributed by atoms with van der Waals surface area (Å²) in [5, 5.41) is 4.33. The Kier molecular flexibility index (Phi) is 4.16. The molecule has 1 aliphatic carbocycles. The number of aromatic nitrogens is 3. The molecule has 6 nitrogen and oxygen atoms in total. The number of nitrogens with two attached hydrogens (primary N) is 1. The van der Waals surface area contributed by atoms with Crippen molar-refractivity contribution in [3.8, 4) is 11.4 Å². The standard InChI is InChI=1S/C19H19FN4O2/c1-24-6-4-16(23-24)15-3-2-11(10-22-15)8-12-9-14(19(21)25)17(20)13-5-7-26-18(12)13/h2-4,6,9-10,13,18H,5,7-8H2,1H3,(H2,21,25). The van der Waals surface area contributed by atoms with Crippen molar-refractivity contribution < 1.29 is 13.9 Å². The molecule has 0 spiro atoms. The van der Waals surface area contributed by atoms with Gasteiger partial charge in [-0.1, -0.05) is 6.07 Å². The van der Waals surface area contributed by atoms with Crippen molar-refractivity contribution in [2.75, 3.05) is 6.61 Å². The third-order valence-corrected chi connectivity index (χ3v) is 4.84. The monoisotopic (exact) mass is 354 g/mol. The number of fused-ring (bicyclic) bond motifs is 1. The fraction of sp³-hybridized carbons (Fsp3) is 0.316. The number of pyridine rings is 1. The summed E-state index contributed by atoms with van der Waals surface area (Å²) in [6.45, 7) is 0.475. The molecule has 0 aromatic carbocycles. The van der Waals surface area contributed by atoms with Crippen molar-refractivity contribution in [3.05, 3.63) is 59.2 Å². The Morgan fingerprint density at radius 1 is 1.38 bits per heavy atom. The highest BCUT2D eigenvalue weighted by molar-refractivity contribution is 5.96. The number of ether oxygens (including phenoxy) is 1. The predicted molar refractivity (Wildman–Crippen MR) is 93.4 cm³/mol. The highest BCUT2D eigenvalue weighted by Gasteiger charge is 2.39. The molecule has 7 heteroatoms. The molecule has 0 bridgehead atoms. The minimum absolute atomic E-state index is 0.0372. The lowest BCUT2D eigenvalue weighted by molar-refractivity contribution is -0.114. The summed E-state index contributed by atoms with van der Waals surface area (Å²) in [4.78, 5) is 16.0. The molecule has 1 amide bonds. The van der Waals surface area contributed by atoms with Crippen LogP contribution in [0.1, 0.15) is 12.0 Å². The number of carbonyl (C=O) groups excluding carboxylic acids is 1. The van der Waals surface area contributed by atoms with Gasteiger partial charge in [-0.25, -0.2) is 4.39 Å². The first kappa shape index (κ1) is 16.7. The molecule has 1 fully saturated rings. The van der Waals surface area contributed by atoms with E-state index in [1.807, 2.05) is 31.4 Å². The maximum atomic E-state index is 14.4. The van der Waals surface area contributed by atoms with Crippen molar-refractivity contribution in [2.24, 2.45) is 18.7 Å². The van der Waals surface area contributed by atoms with E-state index in [2.05, 4.69) is 10.1 Å². The van der Waals surface area contributed by atoms with Crippen LogP contribution in [0, 0.1) is 5.92 Å². The number of hydrogen-bond acceptors (Lipinski definition) is 4. The molecule has 2 N–H and O–H groups in total. The summed E-state index contributed by atoms with van der Waals surface area (Å²) >= 11 is 0. The largest absolute Gasteiger partial charge is 0.373 e. The van der Waals surface area contributed by atoms with Crippen LogP contribution in [0.3, 0.4) is 0 Å². The first-order valence-electron chi connectivity index (χ1n) is 8.49. The van der Waals surface area contributed by atoms with Gasteiger partial charge < -0.3 is 10.5 Å². The number of amides is 1. The molecule has 1 aliphatic heterocycles. The molecular formula is C19H19FN4O2. The predicted octanol–water partition coefficient (Wildman–Crippen LogP) is 2.08. The molecule has 134 valence electrons. The molecule has 0 saturated carbocycles. The Bertz CT molecular complexity index is 914. The van der Waals surface area contributed by atoms with Crippen molar-refractivity contribution in [3.63, 3.8) is 0 Å². The van der Waals surface area contributed by atoms with Crippen LogP contribution in [0.2, 0.25) is 0 Å². The van der Waals surface area contributed by atoms with Crippen LogP contribution in [0.4, 0.5) is 4.39 Å². The van der Waals surface area contributed by atoms with Gasteiger partial charge in [0.25, 0.3) is 5.91 Å². The number of nitrogens with zero attached hydrogens (tertiary/aromatic N) is 3. The molecule has 26 heavy (non-hydrogen) atoms. The van der Waals surface area contributed by atoms with Gasteiger partial charge in [0.05, 0.1) is 17.4 Å². The fourth-order valence-corrected chi connectivity index (χ4v) is 3.56. The lowest BCUT2D eigenvalue weighted by Gasteiger charge is -2.26. The van der Waals surface area contributed by atoms with Gasteiger partial charge in [-0.2, -0.15) is 5.10 Å². The minimum Gasteiger partial charge on any atom is -0.373 e. The van der Waals surface area contributed by atoms with Crippen LogP contribution in [0.15, 0.2) is 53.6 Å². The number of halogens is 1. The summed E-state index contributed by atoms with van der Waals surface area (Å²) in [6, 6.07) is 5.76. The van der Waals surface area contributed by atoms with Gasteiger partial charge >= 0.3 is 0 Å². The molecule has 2 aromatic rings. The Hall–Kier alpha value is -2.80. The van der Waals surface area contributed by atoms with Gasteiger partial charge in [0, 0.05) is 32.0 Å². The minimum atomic E-state index is -0.742. The van der Waals surface area contributed by atoms with Crippen molar-refractivity contribution in [1.82, 2.24) is 14.8 Å². The average Bonchev–Trinajstić information content (AvgIpc) is 3.27. The second kappa shape index (κ2) is 6.49. The molecule has 0 radical (unpaired) electrons. The topological polar surface area (TPSA) is 83.0 Å². The summed E-state index contributed by atoms with van der Waals surface area (Å²) < 4.78 is 21.9. The van der Waals surface area contributed by atoms with E-state index in [1.54, 1.807) is 10.9 Å². The van der Waals surface area contributed by atoms with E-state index in [1.165, 1.54) is 6.08 Å². The number of carbonyl (C=O) groups is 1. The Morgan fingerprint density at radius 3 is 2.88 bits per heavy atom. The summed E-state index contributed by atoms with van der Waals surface area (Å²) in [7, 11) is 1.86. The van der Waals surface area contributed by atoms with E-state index >= 15 is 0 Å². The molecule has 2 unspecified atom stereocenters. The first-order valence-corrected chi connectivity index (χ1v) is 8.49. The lowest BCUT2D eigenvalue weighted by atomic mass is 9.83. The summed E-state index contributed by atoms with van der Waals surface area (Å²) in [5.41, 5.74) is 8.70. The van der Waals surface area contributed by atoms with E-state index in [9.17, 15) is 9.18 Å². The zero-order chi connectivity index (χ0) is 18.3. The second-order valence-corrected chi connectivity index (χ2v) is 6.63. The number of primary amides is 1. The fourth-order valence-electron chi connectivity index (χ4n) is 3.56. The highest BCUT2D eigenvalue weighted by Crippen LogP contribution is 2.40. The Labute approximate surface area is 150 Å².